The number of imidazole rings is 1. The van der Waals surface area contributed by atoms with Gasteiger partial charge in [0, 0.05) is 86.2 Å². The molecule has 0 aliphatic carbocycles. The molecule has 8 atom stereocenters. The molecule has 17 N–H and O–H groups in total. The second-order valence-corrected chi connectivity index (χ2v) is 21.6. The maximum absolute atomic E-state index is 14.9. The van der Waals surface area contributed by atoms with Crippen LogP contribution in [0.4, 0.5) is 0 Å². The summed E-state index contributed by atoms with van der Waals surface area (Å²) >= 11 is 0. The van der Waals surface area contributed by atoms with Gasteiger partial charge in [-0.2, -0.15) is 0 Å². The van der Waals surface area contributed by atoms with Crippen LogP contribution in [0.2, 0.25) is 0 Å². The molecular formula is C51H68N16O10S2. The molecule has 28 heteroatoms. The summed E-state index contributed by atoms with van der Waals surface area (Å²) < 4.78 is 0. The van der Waals surface area contributed by atoms with E-state index in [1.165, 1.54) is 19.4 Å². The number of nitrogens with zero attached hydrogens (tertiary/aromatic N) is 2. The molecule has 2 fully saturated rings. The number of H-pyrrole nitrogens is 2. The maximum Gasteiger partial charge on any atom is 0.244 e. The lowest BCUT2D eigenvalue weighted by molar-refractivity contribution is -0.136. The van der Waals surface area contributed by atoms with Crippen LogP contribution < -0.4 is 65.1 Å². The Bertz CT molecular complexity index is 2810. The first-order valence-electron chi connectivity index (χ1n) is 25.8. The average molecular weight is 1130 g/mol. The van der Waals surface area contributed by atoms with Crippen molar-refractivity contribution < 1.29 is 47.9 Å². The third-order valence-electron chi connectivity index (χ3n) is 12.9. The highest BCUT2D eigenvalue weighted by Crippen LogP contribution is 2.25. The molecule has 0 saturated carbocycles. The number of aromatic amines is 2. The van der Waals surface area contributed by atoms with E-state index in [-0.39, 0.29) is 81.9 Å². The number of para-hydroxylation sites is 1. The minimum atomic E-state index is -1.48. The molecule has 2 aromatic heterocycles. The smallest absolute Gasteiger partial charge is 0.244 e. The zero-order chi connectivity index (χ0) is 56.8. The number of benzene rings is 2. The summed E-state index contributed by atoms with van der Waals surface area (Å²) in [4.78, 5) is 155. The Hall–Kier alpha value is -8.14. The van der Waals surface area contributed by atoms with Crippen LogP contribution in [0.3, 0.4) is 0 Å². The number of carbonyl (C=O) groups is 10. The first-order chi connectivity index (χ1) is 37.9. The molecule has 2 aliphatic rings. The van der Waals surface area contributed by atoms with E-state index in [9.17, 15) is 47.9 Å². The van der Waals surface area contributed by atoms with Gasteiger partial charge in [-0.05, 0) is 55.7 Å². The summed E-state index contributed by atoms with van der Waals surface area (Å²) in [5.74, 6) is -8.46. The predicted octanol–water partition coefficient (Wildman–Crippen LogP) is -2.17. The van der Waals surface area contributed by atoms with E-state index in [1.807, 2.05) is 18.2 Å². The van der Waals surface area contributed by atoms with Gasteiger partial charge in [0.05, 0.1) is 6.33 Å². The van der Waals surface area contributed by atoms with Crippen molar-refractivity contribution in [1.82, 2.24) is 62.8 Å². The quantitative estimate of drug-likeness (QED) is 0.0311. The molecule has 2 aliphatic heterocycles. The second-order valence-electron chi connectivity index (χ2n) is 19.0. The molecule has 79 heavy (non-hydrogen) atoms. The number of nitrogens with one attached hydrogen (secondary N) is 11. The fraction of sp³-hybridized carbons (Fsp3) is 0.451. The first kappa shape index (κ1) is 60.1. The summed E-state index contributed by atoms with van der Waals surface area (Å²) in [7, 11) is 2.05. The van der Waals surface area contributed by atoms with Crippen molar-refractivity contribution >= 4 is 97.5 Å². The number of guanidine groups is 1. The van der Waals surface area contributed by atoms with E-state index in [2.05, 4.69) is 67.8 Å². The van der Waals surface area contributed by atoms with E-state index in [1.54, 1.807) is 42.6 Å². The van der Waals surface area contributed by atoms with Crippen molar-refractivity contribution in [3.63, 3.8) is 0 Å². The fourth-order valence-corrected chi connectivity index (χ4v) is 11.1. The van der Waals surface area contributed by atoms with Crippen LogP contribution >= 0.6 is 21.6 Å². The zero-order valence-corrected chi connectivity index (χ0v) is 45.1. The molecular weight excluding hydrogens is 1060 g/mol. The van der Waals surface area contributed by atoms with Gasteiger partial charge in [-0.25, -0.2) is 4.98 Å². The average Bonchev–Trinajstić information content (AvgIpc) is 4.09. The van der Waals surface area contributed by atoms with Crippen LogP contribution in [0.25, 0.3) is 10.9 Å². The second kappa shape index (κ2) is 30.1. The van der Waals surface area contributed by atoms with Gasteiger partial charge < -0.3 is 75.0 Å². The van der Waals surface area contributed by atoms with Crippen LogP contribution in [0.15, 0.2) is 78.3 Å². The van der Waals surface area contributed by atoms with E-state index < -0.39 is 107 Å². The third-order valence-corrected chi connectivity index (χ3v) is 15.3. The van der Waals surface area contributed by atoms with E-state index in [0.717, 1.165) is 32.5 Å². The fourth-order valence-electron chi connectivity index (χ4n) is 8.76. The lowest BCUT2D eigenvalue weighted by Gasteiger charge is -2.28. The number of hydrogen-bond acceptors (Lipinski definition) is 14. The molecule has 424 valence electrons. The summed E-state index contributed by atoms with van der Waals surface area (Å²) in [5.41, 5.74) is 19.3. The topological polar surface area (TPSA) is 414 Å². The van der Waals surface area contributed by atoms with Gasteiger partial charge in [0.15, 0.2) is 5.96 Å². The maximum atomic E-state index is 14.9. The minimum Gasteiger partial charge on any atom is -0.370 e. The first-order valence-corrected chi connectivity index (χ1v) is 28.2. The SMILES string of the molecule is CC(=O)N[C@@H]1CSSC[C@H]2NC(=O)[C@@H](Cc3c[nH]c4ccccc34)NC(=O)[C@H](CCCN=C(N)N)NC(=O)[C@H](Cc3ccccc3)NC(=O)[C@H](Cc3cnc[nH]3)NC(=O)[C@@H](CCC(=O)NCCCC[C@@H](C(N)=O)NC2=O)NC1=O. The van der Waals surface area contributed by atoms with Crippen molar-refractivity contribution in [1.29, 1.82) is 0 Å². The molecule has 4 aromatic rings. The summed E-state index contributed by atoms with van der Waals surface area (Å²) in [6, 6.07) is 4.78. The van der Waals surface area contributed by atoms with Crippen molar-refractivity contribution in [3.05, 3.63) is 90.1 Å². The summed E-state index contributed by atoms with van der Waals surface area (Å²) in [5, 5.41) is 25.2. The van der Waals surface area contributed by atoms with Crippen molar-refractivity contribution in [2.45, 2.75) is 119 Å². The number of nitrogens with two attached hydrogens (primary N) is 3. The Labute approximate surface area is 462 Å². The van der Waals surface area contributed by atoms with Gasteiger partial charge in [0.1, 0.15) is 48.3 Å². The van der Waals surface area contributed by atoms with Crippen LogP contribution in [0.5, 0.6) is 0 Å². The number of fused-ring (bicyclic) bond motifs is 9. The Kier molecular flexibility index (Phi) is 22.9. The molecule has 10 amide bonds. The minimum absolute atomic E-state index is 0.0385. The Morgan fingerprint density at radius 2 is 1.30 bits per heavy atom. The van der Waals surface area contributed by atoms with E-state index >= 15 is 0 Å². The molecule has 26 nitrogen and oxygen atoms in total. The third kappa shape index (κ3) is 19.1. The molecule has 0 spiro atoms. The van der Waals surface area contributed by atoms with Crippen LogP contribution in [0, 0.1) is 0 Å². The molecule has 6 rings (SSSR count). The summed E-state index contributed by atoms with van der Waals surface area (Å²) in [6.45, 7) is 1.34. The van der Waals surface area contributed by atoms with Gasteiger partial charge in [-0.15, -0.1) is 0 Å². The normalized spacial score (nSPS) is 24.1. The number of hydrogen-bond donors (Lipinski definition) is 14. The number of rotatable bonds is 12. The molecule has 0 unspecified atom stereocenters. The molecule has 2 saturated heterocycles. The molecule has 2 bridgehead atoms. The lowest BCUT2D eigenvalue weighted by Crippen LogP contribution is -2.61. The number of aromatic nitrogens is 3. The van der Waals surface area contributed by atoms with Crippen molar-refractivity contribution in [2.24, 2.45) is 22.2 Å². The van der Waals surface area contributed by atoms with Crippen LogP contribution in [0.1, 0.15) is 68.7 Å². The molecule has 0 radical (unpaired) electrons. The van der Waals surface area contributed by atoms with E-state index in [4.69, 9.17) is 17.2 Å². The lowest BCUT2D eigenvalue weighted by atomic mass is 10.0. The standard InChI is InChI=1S/C51H68N16O10S2/c1-28(68)60-40-25-78-79-26-41-50(77)61-34(43(52)70)14-7-8-18-56-42(69)17-16-36(63-49(40)76)45(72)66-39(22-31-24-55-27-59-31)48(75)64-37(20-29-10-3-2-4-11-29)46(73)62-35(15-9-19-57-51(53)54)44(71)65-38(47(74)67-41)21-30-23-58-33-13-6-5-12-32(30)33/h2-6,10-13,23-24,27,34-41,58H,7-9,14-22,25-26H2,1H3,(H2,52,70)(H,55,59)(H,56,69)(H,60,68)(H,61,77)(H,62,73)(H,63,76)(H,64,75)(H,65,71)(H,66,72)(H,67,74)(H4,53,54,57)/t34-,35-,36+,37-,38+,39-,40+,41+/m0/s1. The monoisotopic (exact) mass is 1130 g/mol. The van der Waals surface area contributed by atoms with Gasteiger partial charge in [0.25, 0.3) is 0 Å². The van der Waals surface area contributed by atoms with Crippen LogP contribution in [-0.4, -0.2) is 153 Å². The van der Waals surface area contributed by atoms with Gasteiger partial charge >= 0.3 is 0 Å². The number of aliphatic imine (C=N–C) groups is 1. The largest absolute Gasteiger partial charge is 0.370 e. The van der Waals surface area contributed by atoms with Gasteiger partial charge in [-0.1, -0.05) is 70.1 Å². The van der Waals surface area contributed by atoms with Gasteiger partial charge in [0.2, 0.25) is 59.1 Å². The predicted molar refractivity (Wildman–Crippen MR) is 296 cm³/mol. The zero-order valence-electron chi connectivity index (χ0n) is 43.5. The van der Waals surface area contributed by atoms with Crippen molar-refractivity contribution in [2.75, 3.05) is 24.6 Å². The Morgan fingerprint density at radius 3 is 2.01 bits per heavy atom. The van der Waals surface area contributed by atoms with Crippen LogP contribution in [-0.2, 0) is 67.2 Å². The highest BCUT2D eigenvalue weighted by atomic mass is 33.1. The van der Waals surface area contributed by atoms with Gasteiger partial charge in [-0.3, -0.25) is 52.9 Å². The number of carbonyl (C=O) groups excluding carboxylic acids is 10. The summed E-state index contributed by atoms with van der Waals surface area (Å²) in [6.07, 6.45) is 4.18. The molecule has 4 heterocycles. The highest BCUT2D eigenvalue weighted by molar-refractivity contribution is 8.76. The number of amides is 10. The van der Waals surface area contributed by atoms with E-state index in [0.29, 0.717) is 29.7 Å². The number of primary amides is 1. The highest BCUT2D eigenvalue weighted by Gasteiger charge is 2.36. The van der Waals surface area contributed by atoms with Crippen molar-refractivity contribution in [3.8, 4) is 0 Å². The Morgan fingerprint density at radius 1 is 0.671 bits per heavy atom. The molecule has 2 aromatic carbocycles. The Balaban J connectivity index is 1.47.